The molecule has 0 aromatic heterocycles. The zero-order valence-corrected chi connectivity index (χ0v) is 12.3. The first-order valence-electron chi connectivity index (χ1n) is 6.35. The van der Waals surface area contributed by atoms with Gasteiger partial charge in [0.25, 0.3) is 0 Å². The Bertz CT molecular complexity index is 646. The van der Waals surface area contributed by atoms with Crippen LogP contribution in [0.5, 0.6) is 5.75 Å². The van der Waals surface area contributed by atoms with Crippen molar-refractivity contribution in [2.24, 2.45) is 0 Å². The third-order valence-corrected chi connectivity index (χ3v) is 3.93. The average molecular weight is 309 g/mol. The summed E-state index contributed by atoms with van der Waals surface area (Å²) in [4.78, 5) is 2.18. The second kappa shape index (κ2) is 5.43. The second-order valence-corrected chi connectivity index (χ2v) is 5.54. The number of hydrogen-bond acceptors (Lipinski definition) is 3. The molecule has 5 heteroatoms. The number of para-hydroxylation sites is 1. The van der Waals surface area contributed by atoms with E-state index in [-0.39, 0.29) is 0 Å². The average Bonchev–Trinajstić information content (AvgIpc) is 2.42. The van der Waals surface area contributed by atoms with Gasteiger partial charge < -0.3 is 15.4 Å². The van der Waals surface area contributed by atoms with Crippen LogP contribution < -0.4 is 15.4 Å². The molecule has 2 aromatic rings. The number of nitrogens with two attached hydrogens (primary N) is 1. The van der Waals surface area contributed by atoms with Gasteiger partial charge >= 0.3 is 0 Å². The number of ether oxygens (including phenoxy) is 1. The van der Waals surface area contributed by atoms with E-state index >= 15 is 0 Å². The topological polar surface area (TPSA) is 38.5 Å². The van der Waals surface area contributed by atoms with Gasteiger partial charge in [-0.2, -0.15) is 0 Å². The molecule has 1 aliphatic heterocycles. The molecular formula is C15H14Cl2N2O. The largest absolute Gasteiger partial charge is 0.489 e. The summed E-state index contributed by atoms with van der Waals surface area (Å²) in [6.45, 7) is 2.10. The van der Waals surface area contributed by atoms with Gasteiger partial charge in [0.05, 0.1) is 12.2 Å². The third kappa shape index (κ3) is 2.51. The van der Waals surface area contributed by atoms with E-state index in [0.29, 0.717) is 28.9 Å². The van der Waals surface area contributed by atoms with Crippen LogP contribution in [0.2, 0.25) is 10.0 Å². The van der Waals surface area contributed by atoms with Crippen molar-refractivity contribution >= 4 is 34.6 Å². The molecule has 0 atom stereocenters. The van der Waals surface area contributed by atoms with Gasteiger partial charge in [0.1, 0.15) is 18.0 Å². The third-order valence-electron chi connectivity index (χ3n) is 3.34. The van der Waals surface area contributed by atoms with E-state index in [2.05, 4.69) is 4.90 Å². The summed E-state index contributed by atoms with van der Waals surface area (Å²) < 4.78 is 5.65. The van der Waals surface area contributed by atoms with Gasteiger partial charge in [0.2, 0.25) is 0 Å². The Morgan fingerprint density at radius 1 is 1.20 bits per heavy atom. The molecule has 0 amide bonds. The van der Waals surface area contributed by atoms with Gasteiger partial charge in [0.15, 0.2) is 0 Å². The van der Waals surface area contributed by atoms with Crippen LogP contribution in [0, 0.1) is 0 Å². The molecular weight excluding hydrogens is 295 g/mol. The fraction of sp³-hybridized carbons (Fsp3) is 0.200. The van der Waals surface area contributed by atoms with Crippen molar-refractivity contribution in [2.45, 2.75) is 6.54 Å². The number of anilines is 2. The minimum Gasteiger partial charge on any atom is -0.489 e. The highest BCUT2D eigenvalue weighted by atomic mass is 35.5. The van der Waals surface area contributed by atoms with Crippen LogP contribution in [0.1, 0.15) is 5.56 Å². The minimum atomic E-state index is 0.639. The molecule has 0 saturated heterocycles. The van der Waals surface area contributed by atoms with E-state index in [0.717, 1.165) is 23.5 Å². The first-order valence-corrected chi connectivity index (χ1v) is 7.11. The van der Waals surface area contributed by atoms with E-state index in [4.69, 9.17) is 33.7 Å². The van der Waals surface area contributed by atoms with Gasteiger partial charge in [-0.05, 0) is 29.8 Å². The number of fused-ring (bicyclic) bond motifs is 1. The maximum Gasteiger partial charge on any atom is 0.144 e. The van der Waals surface area contributed by atoms with Gasteiger partial charge in [0, 0.05) is 16.6 Å². The summed E-state index contributed by atoms with van der Waals surface area (Å²) in [5.41, 5.74) is 8.74. The number of nitrogen functional groups attached to an aromatic ring is 1. The van der Waals surface area contributed by atoms with Crippen LogP contribution in [0.15, 0.2) is 36.4 Å². The predicted octanol–water partition coefficient (Wildman–Crippen LogP) is 3.97. The number of nitrogens with zero attached hydrogens (tertiary/aromatic N) is 1. The zero-order chi connectivity index (χ0) is 14.1. The molecule has 3 rings (SSSR count). The number of halogens is 2. The highest BCUT2D eigenvalue weighted by Crippen LogP contribution is 2.38. The molecule has 3 nitrogen and oxygen atoms in total. The standard InChI is InChI=1S/C15H14Cl2N2O/c16-11-5-4-10(12(17)8-11)9-19-6-7-20-14-3-1-2-13(18)15(14)19/h1-5,8H,6-7,9,18H2. The van der Waals surface area contributed by atoms with Crippen LogP contribution in [0.3, 0.4) is 0 Å². The lowest BCUT2D eigenvalue weighted by atomic mass is 10.1. The number of rotatable bonds is 2. The monoisotopic (exact) mass is 308 g/mol. The fourth-order valence-electron chi connectivity index (χ4n) is 2.39. The summed E-state index contributed by atoms with van der Waals surface area (Å²) in [7, 11) is 0. The summed E-state index contributed by atoms with van der Waals surface area (Å²) in [5, 5.41) is 1.31. The maximum atomic E-state index is 6.24. The molecule has 1 heterocycles. The molecule has 0 radical (unpaired) electrons. The van der Waals surface area contributed by atoms with Crippen molar-refractivity contribution in [3.05, 3.63) is 52.0 Å². The molecule has 2 N–H and O–H groups in total. The van der Waals surface area contributed by atoms with Gasteiger partial charge in [-0.3, -0.25) is 0 Å². The van der Waals surface area contributed by atoms with Gasteiger partial charge in [-0.1, -0.05) is 35.3 Å². The maximum absolute atomic E-state index is 6.24. The van der Waals surface area contributed by atoms with Crippen molar-refractivity contribution in [1.82, 2.24) is 0 Å². The van der Waals surface area contributed by atoms with E-state index in [1.165, 1.54) is 0 Å². The van der Waals surface area contributed by atoms with Crippen molar-refractivity contribution in [2.75, 3.05) is 23.8 Å². The van der Waals surface area contributed by atoms with Crippen molar-refractivity contribution in [3.63, 3.8) is 0 Å². The lowest BCUT2D eigenvalue weighted by Gasteiger charge is -2.32. The van der Waals surface area contributed by atoms with Gasteiger partial charge in [-0.25, -0.2) is 0 Å². The Hall–Kier alpha value is -1.58. The van der Waals surface area contributed by atoms with E-state index in [9.17, 15) is 0 Å². The summed E-state index contributed by atoms with van der Waals surface area (Å²) >= 11 is 12.2. The van der Waals surface area contributed by atoms with E-state index in [1.807, 2.05) is 30.3 Å². The molecule has 20 heavy (non-hydrogen) atoms. The Morgan fingerprint density at radius 2 is 2.05 bits per heavy atom. The highest BCUT2D eigenvalue weighted by Gasteiger charge is 2.21. The normalized spacial score (nSPS) is 13.8. The van der Waals surface area contributed by atoms with E-state index in [1.54, 1.807) is 6.07 Å². The highest BCUT2D eigenvalue weighted by molar-refractivity contribution is 6.35. The quantitative estimate of drug-likeness (QED) is 0.853. The molecule has 104 valence electrons. The molecule has 0 fully saturated rings. The minimum absolute atomic E-state index is 0.639. The molecule has 2 aromatic carbocycles. The van der Waals surface area contributed by atoms with Crippen LogP contribution in [0.25, 0.3) is 0 Å². The van der Waals surface area contributed by atoms with Crippen molar-refractivity contribution in [1.29, 1.82) is 0 Å². The molecule has 0 unspecified atom stereocenters. The molecule has 1 aliphatic rings. The molecule has 0 bridgehead atoms. The van der Waals surface area contributed by atoms with Crippen molar-refractivity contribution < 1.29 is 4.74 Å². The van der Waals surface area contributed by atoms with Crippen LogP contribution in [-0.4, -0.2) is 13.2 Å². The Labute approximate surface area is 127 Å². The summed E-state index contributed by atoms with van der Waals surface area (Å²) in [6.07, 6.45) is 0. The number of benzene rings is 2. The van der Waals surface area contributed by atoms with Crippen LogP contribution >= 0.6 is 23.2 Å². The molecule has 0 aliphatic carbocycles. The second-order valence-electron chi connectivity index (χ2n) is 4.70. The van der Waals surface area contributed by atoms with Gasteiger partial charge in [-0.15, -0.1) is 0 Å². The van der Waals surface area contributed by atoms with Crippen molar-refractivity contribution in [3.8, 4) is 5.75 Å². The number of hydrogen-bond donors (Lipinski definition) is 1. The summed E-state index contributed by atoms with van der Waals surface area (Å²) in [6, 6.07) is 11.3. The molecule has 0 spiro atoms. The lowest BCUT2D eigenvalue weighted by Crippen LogP contribution is -2.32. The SMILES string of the molecule is Nc1cccc2c1N(Cc1ccc(Cl)cc1Cl)CCO2. The Morgan fingerprint density at radius 3 is 2.85 bits per heavy atom. The predicted molar refractivity (Wildman–Crippen MR) is 83.9 cm³/mol. The Kier molecular flexibility index (Phi) is 3.64. The molecule has 0 saturated carbocycles. The van der Waals surface area contributed by atoms with Crippen LogP contribution in [0.4, 0.5) is 11.4 Å². The zero-order valence-electron chi connectivity index (χ0n) is 10.8. The smallest absolute Gasteiger partial charge is 0.144 e. The van der Waals surface area contributed by atoms with E-state index < -0.39 is 0 Å². The lowest BCUT2D eigenvalue weighted by molar-refractivity contribution is 0.307. The van der Waals surface area contributed by atoms with Crippen LogP contribution in [-0.2, 0) is 6.54 Å². The summed E-state index contributed by atoms with van der Waals surface area (Å²) in [5.74, 6) is 0.821. The first-order chi connectivity index (χ1) is 9.65. The Balaban J connectivity index is 1.93. The first kappa shape index (κ1) is 13.4. The fourth-order valence-corrected chi connectivity index (χ4v) is 2.85.